The molecule has 1 aliphatic heterocycles. The van der Waals surface area contributed by atoms with Crippen LogP contribution in [0.15, 0.2) is 48.5 Å². The van der Waals surface area contributed by atoms with E-state index >= 15 is 0 Å². The largest absolute Gasteiger partial charge is 0.348 e. The summed E-state index contributed by atoms with van der Waals surface area (Å²) in [6.45, 7) is 9.54. The van der Waals surface area contributed by atoms with E-state index in [2.05, 4.69) is 36.6 Å². The van der Waals surface area contributed by atoms with Crippen LogP contribution in [-0.4, -0.2) is 29.3 Å². The average molecular weight is 422 g/mol. The number of carbonyl (C=O) groups is 3. The Kier molecular flexibility index (Phi) is 6.48. The molecule has 2 aromatic rings. The van der Waals surface area contributed by atoms with E-state index in [1.807, 2.05) is 50.2 Å². The van der Waals surface area contributed by atoms with Gasteiger partial charge in [-0.3, -0.25) is 14.5 Å². The Morgan fingerprint density at radius 1 is 1.03 bits per heavy atom. The van der Waals surface area contributed by atoms with Crippen LogP contribution in [0.3, 0.4) is 0 Å². The number of hydrogen-bond donors (Lipinski definition) is 2. The smallest absolute Gasteiger partial charge is 0.325 e. The Balaban J connectivity index is 1.64. The lowest BCUT2D eigenvalue weighted by Crippen LogP contribution is -2.43. The van der Waals surface area contributed by atoms with Gasteiger partial charge in [-0.15, -0.1) is 0 Å². The molecule has 0 radical (unpaired) electrons. The van der Waals surface area contributed by atoms with Gasteiger partial charge in [0, 0.05) is 0 Å². The van der Waals surface area contributed by atoms with Gasteiger partial charge in [0.2, 0.25) is 5.91 Å². The molecule has 6 heteroatoms. The molecule has 2 N–H and O–H groups in total. The van der Waals surface area contributed by atoms with Crippen LogP contribution in [0.2, 0.25) is 0 Å². The fourth-order valence-corrected chi connectivity index (χ4v) is 3.85. The fourth-order valence-electron chi connectivity index (χ4n) is 3.85. The molecule has 3 rings (SSSR count). The second kappa shape index (κ2) is 8.92. The van der Waals surface area contributed by atoms with Crippen molar-refractivity contribution in [1.82, 2.24) is 15.5 Å². The molecule has 0 aromatic heterocycles. The van der Waals surface area contributed by atoms with Gasteiger partial charge in [-0.25, -0.2) is 4.79 Å². The summed E-state index contributed by atoms with van der Waals surface area (Å²) in [5, 5.41) is 5.62. The van der Waals surface area contributed by atoms with E-state index in [4.69, 9.17) is 0 Å². The van der Waals surface area contributed by atoms with Gasteiger partial charge >= 0.3 is 6.03 Å². The summed E-state index contributed by atoms with van der Waals surface area (Å²) in [5.41, 5.74) is 2.80. The first-order valence-corrected chi connectivity index (χ1v) is 10.7. The second-order valence-electron chi connectivity index (χ2n) is 8.94. The summed E-state index contributed by atoms with van der Waals surface area (Å²) < 4.78 is 0. The topological polar surface area (TPSA) is 78.5 Å². The molecule has 0 unspecified atom stereocenters. The number of amides is 4. The number of benzene rings is 2. The predicted molar refractivity (Wildman–Crippen MR) is 120 cm³/mol. The molecule has 164 valence electrons. The van der Waals surface area contributed by atoms with E-state index in [-0.39, 0.29) is 18.5 Å². The number of rotatable bonds is 7. The van der Waals surface area contributed by atoms with Gasteiger partial charge < -0.3 is 10.6 Å². The highest BCUT2D eigenvalue weighted by Gasteiger charge is 2.49. The monoisotopic (exact) mass is 421 g/mol. The van der Waals surface area contributed by atoms with Crippen molar-refractivity contribution in [3.63, 3.8) is 0 Å². The molecular weight excluding hydrogens is 390 g/mol. The van der Waals surface area contributed by atoms with E-state index in [0.29, 0.717) is 11.5 Å². The normalized spacial score (nSPS) is 19.5. The molecule has 31 heavy (non-hydrogen) atoms. The van der Waals surface area contributed by atoms with E-state index in [9.17, 15) is 14.4 Å². The number of hydrogen-bond acceptors (Lipinski definition) is 3. The lowest BCUT2D eigenvalue weighted by Gasteiger charge is -2.22. The minimum atomic E-state index is -1.18. The fraction of sp³-hybridized carbons (Fsp3) is 0.400. The third kappa shape index (κ3) is 4.95. The lowest BCUT2D eigenvalue weighted by molar-refractivity contribution is -0.135. The molecule has 0 bridgehead atoms. The Bertz CT molecular complexity index is 967. The third-order valence-corrected chi connectivity index (χ3v) is 5.71. The molecule has 0 spiro atoms. The van der Waals surface area contributed by atoms with Gasteiger partial charge in [0.1, 0.15) is 12.1 Å². The van der Waals surface area contributed by atoms with Crippen LogP contribution in [0, 0.1) is 12.8 Å². The third-order valence-electron chi connectivity index (χ3n) is 5.71. The van der Waals surface area contributed by atoms with Gasteiger partial charge in [0.05, 0.1) is 6.04 Å². The highest BCUT2D eigenvalue weighted by atomic mass is 16.2. The number of nitrogens with zero attached hydrogens (tertiary/aromatic N) is 1. The number of carbonyl (C=O) groups excluding carboxylic acids is 3. The van der Waals surface area contributed by atoms with Crippen LogP contribution in [0.4, 0.5) is 4.79 Å². The summed E-state index contributed by atoms with van der Waals surface area (Å²) in [7, 11) is 0. The first-order valence-electron chi connectivity index (χ1n) is 10.7. The molecular formula is C25H31N3O3. The number of nitrogens with one attached hydrogen (secondary N) is 2. The molecule has 4 amide bonds. The van der Waals surface area contributed by atoms with Crippen molar-refractivity contribution in [3.8, 4) is 0 Å². The summed E-state index contributed by atoms with van der Waals surface area (Å²) in [4.78, 5) is 39.0. The minimum Gasteiger partial charge on any atom is -0.348 e. The first kappa shape index (κ1) is 22.5. The van der Waals surface area contributed by atoms with Crippen molar-refractivity contribution in [1.29, 1.82) is 0 Å². The van der Waals surface area contributed by atoms with Crippen molar-refractivity contribution >= 4 is 17.8 Å². The van der Waals surface area contributed by atoms with E-state index < -0.39 is 17.5 Å². The van der Waals surface area contributed by atoms with Crippen LogP contribution in [0.25, 0.3) is 0 Å². The van der Waals surface area contributed by atoms with Crippen molar-refractivity contribution in [2.24, 2.45) is 5.92 Å². The summed E-state index contributed by atoms with van der Waals surface area (Å²) in [6.07, 6.45) is 1.01. The molecule has 1 heterocycles. The first-order chi connectivity index (χ1) is 14.6. The number of aryl methyl sites for hydroxylation is 1. The van der Waals surface area contributed by atoms with E-state index in [1.165, 1.54) is 5.56 Å². The van der Waals surface area contributed by atoms with Crippen molar-refractivity contribution < 1.29 is 14.4 Å². The van der Waals surface area contributed by atoms with Crippen LogP contribution >= 0.6 is 0 Å². The second-order valence-corrected chi connectivity index (χ2v) is 8.94. The average Bonchev–Trinajstić information content (AvgIpc) is 2.92. The van der Waals surface area contributed by atoms with Gasteiger partial charge in [-0.2, -0.15) is 0 Å². The minimum absolute atomic E-state index is 0.232. The Morgan fingerprint density at radius 2 is 1.65 bits per heavy atom. The van der Waals surface area contributed by atoms with Crippen molar-refractivity contribution in [2.75, 3.05) is 6.54 Å². The summed E-state index contributed by atoms with van der Waals surface area (Å²) in [6, 6.07) is 14.8. The maximum atomic E-state index is 13.0. The maximum absolute atomic E-state index is 13.0. The van der Waals surface area contributed by atoms with Gasteiger partial charge in [-0.05, 0) is 49.8 Å². The molecule has 1 aliphatic rings. The summed E-state index contributed by atoms with van der Waals surface area (Å²) in [5.74, 6) is -0.227. The molecule has 2 atom stereocenters. The van der Waals surface area contributed by atoms with Crippen LogP contribution < -0.4 is 10.6 Å². The predicted octanol–water partition coefficient (Wildman–Crippen LogP) is 3.84. The zero-order valence-corrected chi connectivity index (χ0v) is 18.9. The zero-order chi connectivity index (χ0) is 22.8. The molecule has 0 aliphatic carbocycles. The Hall–Kier alpha value is -3.15. The molecule has 2 aromatic carbocycles. The van der Waals surface area contributed by atoms with Gasteiger partial charge in [0.25, 0.3) is 5.91 Å². The lowest BCUT2D eigenvalue weighted by atomic mass is 9.91. The number of imide groups is 1. The quantitative estimate of drug-likeness (QED) is 0.667. The van der Waals surface area contributed by atoms with Crippen molar-refractivity contribution in [3.05, 3.63) is 70.8 Å². The number of urea groups is 1. The standard InChI is InChI=1S/C25H31N3O3/c1-16(2)14-19-8-10-20(11-9-19)18(4)26-22(29)15-28-23(30)25(5,27-24(28)31)21-12-6-17(3)7-13-21/h6-13,16,18H,14-15H2,1-5H3,(H,26,29)(H,27,31)/t18-,25-/m0/s1. The molecule has 6 nitrogen and oxygen atoms in total. The van der Waals surface area contributed by atoms with E-state index in [1.54, 1.807) is 6.92 Å². The van der Waals surface area contributed by atoms with Crippen LogP contribution in [0.5, 0.6) is 0 Å². The van der Waals surface area contributed by atoms with E-state index in [0.717, 1.165) is 22.4 Å². The molecule has 0 saturated carbocycles. The Labute approximate surface area is 184 Å². The Morgan fingerprint density at radius 3 is 2.23 bits per heavy atom. The van der Waals surface area contributed by atoms with Crippen LogP contribution in [0.1, 0.15) is 56.0 Å². The summed E-state index contributed by atoms with van der Waals surface area (Å²) >= 11 is 0. The van der Waals surface area contributed by atoms with Gasteiger partial charge in [-0.1, -0.05) is 67.9 Å². The molecule has 1 saturated heterocycles. The highest BCUT2D eigenvalue weighted by molar-refractivity contribution is 6.09. The van der Waals surface area contributed by atoms with Gasteiger partial charge in [0.15, 0.2) is 0 Å². The SMILES string of the molecule is Cc1ccc([C@]2(C)NC(=O)N(CC(=O)N[C@@H](C)c3ccc(CC(C)C)cc3)C2=O)cc1. The highest BCUT2D eigenvalue weighted by Crippen LogP contribution is 2.29. The van der Waals surface area contributed by atoms with Crippen LogP contribution in [-0.2, 0) is 21.5 Å². The maximum Gasteiger partial charge on any atom is 0.325 e. The molecule has 1 fully saturated rings. The zero-order valence-electron chi connectivity index (χ0n) is 18.9. The van der Waals surface area contributed by atoms with Crippen molar-refractivity contribution in [2.45, 2.75) is 52.6 Å².